The van der Waals surface area contributed by atoms with Crippen LogP contribution in [0.3, 0.4) is 0 Å². The summed E-state index contributed by atoms with van der Waals surface area (Å²) in [5.74, 6) is 1.32. The standard InChI is InChI=1S/C14H23BrN4/c1-11-13(9-15)14(17(2)16-11)19-8-5-12(10-19)18-6-3-4-7-18/h12H,3-10H2,1-2H3. The molecule has 0 N–H and O–H groups in total. The van der Waals surface area contributed by atoms with Crippen LogP contribution in [0, 0.1) is 6.92 Å². The van der Waals surface area contributed by atoms with Gasteiger partial charge in [-0.3, -0.25) is 9.58 Å². The molecule has 0 saturated carbocycles. The summed E-state index contributed by atoms with van der Waals surface area (Å²) >= 11 is 3.61. The van der Waals surface area contributed by atoms with Gasteiger partial charge in [0.1, 0.15) is 5.82 Å². The van der Waals surface area contributed by atoms with Crippen LogP contribution in [0.2, 0.25) is 0 Å². The average Bonchev–Trinajstić information content (AvgIpc) is 3.07. The van der Waals surface area contributed by atoms with Crippen molar-refractivity contribution in [1.82, 2.24) is 14.7 Å². The van der Waals surface area contributed by atoms with Gasteiger partial charge < -0.3 is 4.90 Å². The number of hydrogen-bond donors (Lipinski definition) is 0. The van der Waals surface area contributed by atoms with Crippen molar-refractivity contribution in [3.8, 4) is 0 Å². The number of aryl methyl sites for hydroxylation is 2. The summed E-state index contributed by atoms with van der Waals surface area (Å²) in [6.45, 7) is 7.04. The Hall–Kier alpha value is -0.550. The summed E-state index contributed by atoms with van der Waals surface area (Å²) in [6, 6.07) is 0.751. The van der Waals surface area contributed by atoms with Crippen LogP contribution in [0.5, 0.6) is 0 Å². The van der Waals surface area contributed by atoms with Crippen molar-refractivity contribution in [2.75, 3.05) is 31.1 Å². The summed E-state index contributed by atoms with van der Waals surface area (Å²) in [5.41, 5.74) is 2.50. The lowest BCUT2D eigenvalue weighted by molar-refractivity contribution is 0.260. The van der Waals surface area contributed by atoms with Gasteiger partial charge >= 0.3 is 0 Å². The van der Waals surface area contributed by atoms with Crippen LogP contribution in [-0.4, -0.2) is 46.9 Å². The Kier molecular flexibility index (Phi) is 3.85. The van der Waals surface area contributed by atoms with Gasteiger partial charge in [0, 0.05) is 37.1 Å². The molecule has 0 aliphatic carbocycles. The first-order valence-electron chi connectivity index (χ1n) is 7.28. The summed E-state index contributed by atoms with van der Waals surface area (Å²) in [6.07, 6.45) is 4.06. The van der Waals surface area contributed by atoms with Crippen molar-refractivity contribution in [3.63, 3.8) is 0 Å². The Balaban J connectivity index is 1.77. The van der Waals surface area contributed by atoms with E-state index in [1.165, 1.54) is 56.8 Å². The van der Waals surface area contributed by atoms with Crippen LogP contribution < -0.4 is 4.90 Å². The van der Waals surface area contributed by atoms with E-state index in [1.807, 2.05) is 0 Å². The number of alkyl halides is 1. The van der Waals surface area contributed by atoms with Gasteiger partial charge in [-0.25, -0.2) is 0 Å². The maximum absolute atomic E-state index is 4.58. The highest BCUT2D eigenvalue weighted by molar-refractivity contribution is 9.08. The smallest absolute Gasteiger partial charge is 0.130 e. The van der Waals surface area contributed by atoms with Crippen LogP contribution in [0.4, 0.5) is 5.82 Å². The van der Waals surface area contributed by atoms with E-state index in [4.69, 9.17) is 0 Å². The van der Waals surface area contributed by atoms with E-state index in [2.05, 4.69) is 49.5 Å². The first kappa shape index (κ1) is 13.4. The van der Waals surface area contributed by atoms with Gasteiger partial charge in [0.2, 0.25) is 0 Å². The lowest BCUT2D eigenvalue weighted by Gasteiger charge is -2.25. The van der Waals surface area contributed by atoms with E-state index in [-0.39, 0.29) is 0 Å². The first-order valence-corrected chi connectivity index (χ1v) is 8.40. The van der Waals surface area contributed by atoms with Crippen LogP contribution in [-0.2, 0) is 12.4 Å². The molecule has 0 aromatic carbocycles. The molecule has 0 spiro atoms. The zero-order chi connectivity index (χ0) is 13.4. The second-order valence-corrected chi connectivity index (χ2v) is 6.34. The van der Waals surface area contributed by atoms with Gasteiger partial charge in [-0.2, -0.15) is 5.10 Å². The summed E-state index contributed by atoms with van der Waals surface area (Å²) in [5, 5.41) is 5.48. The third-order valence-electron chi connectivity index (χ3n) is 4.57. The minimum Gasteiger partial charge on any atom is -0.355 e. The molecule has 5 heteroatoms. The zero-order valence-electron chi connectivity index (χ0n) is 11.9. The lowest BCUT2D eigenvalue weighted by Crippen LogP contribution is -2.35. The molecular weight excluding hydrogens is 304 g/mol. The van der Waals surface area contributed by atoms with Crippen LogP contribution in [0.15, 0.2) is 0 Å². The first-order chi connectivity index (χ1) is 9.20. The van der Waals surface area contributed by atoms with Crippen molar-refractivity contribution >= 4 is 21.7 Å². The molecule has 4 nitrogen and oxygen atoms in total. The van der Waals surface area contributed by atoms with Gasteiger partial charge in [0.25, 0.3) is 0 Å². The molecule has 2 aliphatic heterocycles. The van der Waals surface area contributed by atoms with E-state index in [9.17, 15) is 0 Å². The van der Waals surface area contributed by atoms with Crippen LogP contribution >= 0.6 is 15.9 Å². The van der Waals surface area contributed by atoms with E-state index in [0.717, 1.165) is 17.1 Å². The molecule has 2 saturated heterocycles. The number of rotatable bonds is 3. The van der Waals surface area contributed by atoms with Gasteiger partial charge in [-0.05, 0) is 39.3 Å². The van der Waals surface area contributed by atoms with E-state index < -0.39 is 0 Å². The number of nitrogens with zero attached hydrogens (tertiary/aromatic N) is 4. The number of halogens is 1. The molecule has 1 unspecified atom stereocenters. The maximum atomic E-state index is 4.58. The fourth-order valence-corrected chi connectivity index (χ4v) is 4.24. The summed E-state index contributed by atoms with van der Waals surface area (Å²) in [4.78, 5) is 5.20. The second kappa shape index (κ2) is 5.44. The Bertz CT molecular complexity index is 451. The van der Waals surface area contributed by atoms with E-state index in [0.29, 0.717) is 0 Å². The molecule has 2 aliphatic rings. The predicted octanol–water partition coefficient (Wildman–Crippen LogP) is 2.30. The van der Waals surface area contributed by atoms with Gasteiger partial charge in [0.15, 0.2) is 0 Å². The predicted molar refractivity (Wildman–Crippen MR) is 82.0 cm³/mol. The van der Waals surface area contributed by atoms with Crippen molar-refractivity contribution < 1.29 is 0 Å². The quantitative estimate of drug-likeness (QED) is 0.796. The van der Waals surface area contributed by atoms with E-state index in [1.54, 1.807) is 0 Å². The number of hydrogen-bond acceptors (Lipinski definition) is 3. The Morgan fingerprint density at radius 3 is 2.68 bits per heavy atom. The third-order valence-corrected chi connectivity index (χ3v) is 5.13. The summed E-state index contributed by atoms with van der Waals surface area (Å²) < 4.78 is 2.05. The molecule has 0 amide bonds. The van der Waals surface area contributed by atoms with Gasteiger partial charge in [0.05, 0.1) is 5.69 Å². The van der Waals surface area contributed by atoms with E-state index >= 15 is 0 Å². The van der Waals surface area contributed by atoms with Crippen molar-refractivity contribution in [2.45, 2.75) is 37.6 Å². The van der Waals surface area contributed by atoms with Crippen LogP contribution in [0.25, 0.3) is 0 Å². The third kappa shape index (κ3) is 2.42. The normalized spacial score (nSPS) is 24.6. The second-order valence-electron chi connectivity index (χ2n) is 5.78. The number of likely N-dealkylation sites (tertiary alicyclic amines) is 1. The number of anilines is 1. The topological polar surface area (TPSA) is 24.3 Å². The fourth-order valence-electron chi connectivity index (χ4n) is 3.58. The molecule has 1 atom stereocenters. The Labute approximate surface area is 123 Å². The minimum absolute atomic E-state index is 0.751. The molecule has 3 heterocycles. The van der Waals surface area contributed by atoms with Crippen molar-refractivity contribution in [3.05, 3.63) is 11.3 Å². The maximum Gasteiger partial charge on any atom is 0.130 e. The monoisotopic (exact) mass is 326 g/mol. The molecule has 0 radical (unpaired) electrons. The van der Waals surface area contributed by atoms with Crippen LogP contribution in [0.1, 0.15) is 30.5 Å². The molecule has 1 aromatic rings. The molecule has 0 bridgehead atoms. The molecule has 3 rings (SSSR count). The molecule has 106 valence electrons. The highest BCUT2D eigenvalue weighted by Gasteiger charge is 2.31. The Morgan fingerprint density at radius 1 is 1.26 bits per heavy atom. The van der Waals surface area contributed by atoms with Crippen molar-refractivity contribution in [2.24, 2.45) is 7.05 Å². The lowest BCUT2D eigenvalue weighted by atomic mass is 10.2. The SMILES string of the molecule is Cc1nn(C)c(N2CCC(N3CCCC3)C2)c1CBr. The molecule has 1 aromatic heterocycles. The van der Waals surface area contributed by atoms with Gasteiger partial charge in [-0.1, -0.05) is 15.9 Å². The fraction of sp³-hybridized carbons (Fsp3) is 0.786. The minimum atomic E-state index is 0.751. The van der Waals surface area contributed by atoms with Crippen molar-refractivity contribution in [1.29, 1.82) is 0 Å². The number of aromatic nitrogens is 2. The molecular formula is C14H23BrN4. The summed E-state index contributed by atoms with van der Waals surface area (Å²) in [7, 11) is 2.07. The van der Waals surface area contributed by atoms with Gasteiger partial charge in [-0.15, -0.1) is 0 Å². The molecule has 19 heavy (non-hydrogen) atoms. The highest BCUT2D eigenvalue weighted by Crippen LogP contribution is 2.30. The highest BCUT2D eigenvalue weighted by atomic mass is 79.9. The average molecular weight is 327 g/mol. The molecule has 2 fully saturated rings. The zero-order valence-corrected chi connectivity index (χ0v) is 13.5. The Morgan fingerprint density at radius 2 is 2.00 bits per heavy atom. The largest absolute Gasteiger partial charge is 0.355 e.